The van der Waals surface area contributed by atoms with Crippen LogP contribution in [0.5, 0.6) is 0 Å². The quantitative estimate of drug-likeness (QED) is 0.580. The molecule has 1 N–H and O–H groups in total. The van der Waals surface area contributed by atoms with E-state index in [1.807, 2.05) is 0 Å². The van der Waals surface area contributed by atoms with E-state index in [2.05, 4.69) is 0 Å². The van der Waals surface area contributed by atoms with Gasteiger partial charge in [0.05, 0.1) is 6.26 Å². The highest BCUT2D eigenvalue weighted by Crippen LogP contribution is 2.36. The Balaban J connectivity index is 2.06. The van der Waals surface area contributed by atoms with E-state index in [-0.39, 0.29) is 24.7 Å². The Kier molecular flexibility index (Phi) is 5.15. The zero-order valence-electron chi connectivity index (χ0n) is 13.6. The smallest absolute Gasteiger partial charge is 0.319 e. The lowest BCUT2D eigenvalue weighted by Gasteiger charge is -2.38. The number of sulfonamides is 1. The molecular weight excluding hydrogens is 320 g/mol. The Labute approximate surface area is 137 Å². The first kappa shape index (κ1) is 17.9. The van der Waals surface area contributed by atoms with Gasteiger partial charge in [-0.15, -0.1) is 0 Å². The van der Waals surface area contributed by atoms with Gasteiger partial charge < -0.3 is 10.0 Å². The van der Waals surface area contributed by atoms with E-state index in [0.717, 1.165) is 19.1 Å². The molecule has 1 unspecified atom stereocenters. The van der Waals surface area contributed by atoms with Gasteiger partial charge in [0, 0.05) is 26.7 Å². The lowest BCUT2D eigenvalue weighted by molar-refractivity contribution is -0.161. The lowest BCUT2D eigenvalue weighted by Crippen LogP contribution is -2.51. The van der Waals surface area contributed by atoms with Gasteiger partial charge in [-0.05, 0) is 31.6 Å². The summed E-state index contributed by atoms with van der Waals surface area (Å²) in [6.45, 7) is 1.29. The number of carboxylic acids is 1. The van der Waals surface area contributed by atoms with Crippen molar-refractivity contribution in [1.29, 1.82) is 0 Å². The van der Waals surface area contributed by atoms with Crippen LogP contribution in [0.25, 0.3) is 0 Å². The number of amides is 1. The van der Waals surface area contributed by atoms with Crippen LogP contribution in [-0.4, -0.2) is 67.5 Å². The van der Waals surface area contributed by atoms with Gasteiger partial charge in [0.15, 0.2) is 5.41 Å². The molecule has 7 nitrogen and oxygen atoms in total. The molecule has 0 aromatic rings. The topological polar surface area (TPSA) is 95.0 Å². The van der Waals surface area contributed by atoms with Crippen LogP contribution in [-0.2, 0) is 19.6 Å². The highest BCUT2D eigenvalue weighted by molar-refractivity contribution is 7.88. The second kappa shape index (κ2) is 6.60. The first-order valence-corrected chi connectivity index (χ1v) is 9.61. The molecule has 0 bridgehead atoms. The maximum absolute atomic E-state index is 12.8. The first-order valence-electron chi connectivity index (χ1n) is 7.76. The monoisotopic (exact) mass is 344 g/mol. The van der Waals surface area contributed by atoms with Crippen molar-refractivity contribution >= 4 is 21.9 Å². The molecule has 130 valence electrons. The summed E-state index contributed by atoms with van der Waals surface area (Å²) in [5.41, 5.74) is -1.37. The predicted octanol–water partition coefficient (Wildman–Crippen LogP) is 0.537. The van der Waals surface area contributed by atoms with Gasteiger partial charge in [0.2, 0.25) is 15.9 Å². The van der Waals surface area contributed by atoms with Gasteiger partial charge in [-0.1, -0.05) is 12.2 Å². The molecule has 1 aliphatic carbocycles. The lowest BCUT2D eigenvalue weighted by atomic mass is 9.82. The van der Waals surface area contributed by atoms with E-state index in [1.165, 1.54) is 11.4 Å². The number of aliphatic carboxylic acids is 1. The number of allylic oxidation sites excluding steroid dienone is 2. The fourth-order valence-corrected chi connectivity index (χ4v) is 3.77. The van der Waals surface area contributed by atoms with Crippen LogP contribution in [0.4, 0.5) is 0 Å². The van der Waals surface area contributed by atoms with Crippen molar-refractivity contribution in [2.45, 2.75) is 25.7 Å². The summed E-state index contributed by atoms with van der Waals surface area (Å²) < 4.78 is 24.3. The molecule has 2 aliphatic rings. The number of carboxylic acid groups (broad SMARTS) is 1. The van der Waals surface area contributed by atoms with Crippen molar-refractivity contribution in [1.82, 2.24) is 9.21 Å². The molecule has 0 radical (unpaired) electrons. The molecule has 2 rings (SSSR count). The van der Waals surface area contributed by atoms with Gasteiger partial charge in [-0.2, -0.15) is 0 Å². The van der Waals surface area contributed by atoms with Gasteiger partial charge in [0.1, 0.15) is 0 Å². The number of hydrogen-bond donors (Lipinski definition) is 1. The third-order valence-corrected chi connectivity index (χ3v) is 6.09. The summed E-state index contributed by atoms with van der Waals surface area (Å²) in [4.78, 5) is 26.0. The number of rotatable bonds is 5. The number of nitrogens with zero attached hydrogens (tertiary/aromatic N) is 2. The number of piperidine rings is 1. The normalized spacial score (nSPS) is 24.1. The summed E-state index contributed by atoms with van der Waals surface area (Å²) in [7, 11) is -1.73. The minimum Gasteiger partial charge on any atom is -0.480 e. The fourth-order valence-electron chi connectivity index (χ4n) is 3.29. The Morgan fingerprint density at radius 3 is 2.48 bits per heavy atom. The molecular formula is C15H24N2O5S. The molecule has 23 heavy (non-hydrogen) atoms. The predicted molar refractivity (Wildman–Crippen MR) is 85.2 cm³/mol. The minimum absolute atomic E-state index is 0.0348. The first-order chi connectivity index (χ1) is 10.7. The largest absolute Gasteiger partial charge is 0.480 e. The van der Waals surface area contributed by atoms with E-state index in [0.29, 0.717) is 19.6 Å². The van der Waals surface area contributed by atoms with Crippen molar-refractivity contribution < 1.29 is 23.1 Å². The molecule has 1 fully saturated rings. The second-order valence-electron chi connectivity index (χ2n) is 6.57. The SMILES string of the molecule is CN(CC1CCCN(C(=O)C2(C(=O)O)CC=CC2)C1)S(C)(=O)=O. The number of carbonyl (C=O) groups excluding carboxylic acids is 1. The molecule has 0 aromatic carbocycles. The molecule has 0 saturated carbocycles. The Bertz CT molecular complexity index is 605. The van der Waals surface area contributed by atoms with E-state index in [1.54, 1.807) is 17.1 Å². The standard InChI is InChI=1S/C15H24N2O5S/c1-16(23(2,21)22)10-12-6-5-9-17(11-12)13(18)15(14(19)20)7-3-4-8-15/h3-4,12H,5-11H2,1-2H3,(H,19,20). The average molecular weight is 344 g/mol. The van der Waals surface area contributed by atoms with Crippen LogP contribution in [0.3, 0.4) is 0 Å². The molecule has 1 amide bonds. The number of carbonyl (C=O) groups is 2. The molecule has 1 atom stereocenters. The summed E-state index contributed by atoms with van der Waals surface area (Å²) >= 11 is 0. The minimum atomic E-state index is -3.26. The van der Waals surface area contributed by atoms with E-state index < -0.39 is 21.4 Å². The van der Waals surface area contributed by atoms with Crippen molar-refractivity contribution in [3.63, 3.8) is 0 Å². The maximum atomic E-state index is 12.8. The Morgan fingerprint density at radius 1 is 1.35 bits per heavy atom. The van der Waals surface area contributed by atoms with Gasteiger partial charge in [-0.25, -0.2) is 12.7 Å². The third kappa shape index (κ3) is 3.74. The van der Waals surface area contributed by atoms with E-state index in [4.69, 9.17) is 0 Å². The van der Waals surface area contributed by atoms with Crippen molar-refractivity contribution in [2.75, 3.05) is 32.9 Å². The average Bonchev–Trinajstić information content (AvgIpc) is 2.96. The summed E-state index contributed by atoms with van der Waals surface area (Å²) in [6.07, 6.45) is 6.69. The molecule has 0 aromatic heterocycles. The van der Waals surface area contributed by atoms with E-state index >= 15 is 0 Å². The number of likely N-dealkylation sites (tertiary alicyclic amines) is 1. The second-order valence-corrected chi connectivity index (χ2v) is 8.66. The van der Waals surface area contributed by atoms with E-state index in [9.17, 15) is 23.1 Å². The number of hydrogen-bond acceptors (Lipinski definition) is 4. The van der Waals surface area contributed by atoms with Crippen molar-refractivity contribution in [2.24, 2.45) is 11.3 Å². The van der Waals surface area contributed by atoms with Crippen LogP contribution in [0, 0.1) is 11.3 Å². The summed E-state index contributed by atoms with van der Waals surface area (Å²) in [6, 6.07) is 0. The van der Waals surface area contributed by atoms with Gasteiger partial charge in [-0.3, -0.25) is 9.59 Å². The molecule has 8 heteroatoms. The Morgan fingerprint density at radius 2 is 1.96 bits per heavy atom. The molecule has 1 heterocycles. The van der Waals surface area contributed by atoms with Crippen molar-refractivity contribution in [3.8, 4) is 0 Å². The van der Waals surface area contributed by atoms with Crippen LogP contribution in [0.15, 0.2) is 12.2 Å². The van der Waals surface area contributed by atoms with Crippen LogP contribution >= 0.6 is 0 Å². The molecule has 0 spiro atoms. The summed E-state index contributed by atoms with van der Waals surface area (Å²) in [5.74, 6) is -1.39. The third-order valence-electron chi connectivity index (χ3n) is 4.81. The van der Waals surface area contributed by atoms with Gasteiger partial charge >= 0.3 is 5.97 Å². The molecule has 1 aliphatic heterocycles. The maximum Gasteiger partial charge on any atom is 0.319 e. The van der Waals surface area contributed by atoms with Crippen LogP contribution < -0.4 is 0 Å². The molecule has 1 saturated heterocycles. The Hall–Kier alpha value is -1.41. The fraction of sp³-hybridized carbons (Fsp3) is 0.733. The highest BCUT2D eigenvalue weighted by atomic mass is 32.2. The van der Waals surface area contributed by atoms with Crippen molar-refractivity contribution in [3.05, 3.63) is 12.2 Å². The van der Waals surface area contributed by atoms with Gasteiger partial charge in [0.25, 0.3) is 0 Å². The zero-order valence-corrected chi connectivity index (χ0v) is 14.4. The van der Waals surface area contributed by atoms with Crippen LogP contribution in [0.1, 0.15) is 25.7 Å². The highest BCUT2D eigenvalue weighted by Gasteiger charge is 2.49. The summed E-state index contributed by atoms with van der Waals surface area (Å²) in [5, 5.41) is 9.51. The zero-order chi connectivity index (χ0) is 17.3. The van der Waals surface area contributed by atoms with Crippen LogP contribution in [0.2, 0.25) is 0 Å².